The standard InChI is InChI=1S/C21H26F3N9O2/c1-20(2)10-13(16(34)31-7-5-30(6-8-31)12-21(22,23)24)32(11-20)18-27-17(25)33-19(28-18)26-15(29-33)14-4-3-9-35-14/h3-4,9,13H,5-8,10-12H2,1-2H3,(H2,25,26,27,28,29)/t13-/m0/s1. The van der Waals surface area contributed by atoms with Crippen molar-refractivity contribution in [1.29, 1.82) is 0 Å². The monoisotopic (exact) mass is 493 g/mol. The second-order valence-corrected chi connectivity index (χ2v) is 9.73. The summed E-state index contributed by atoms with van der Waals surface area (Å²) in [4.78, 5) is 31.5. The number of furan rings is 1. The van der Waals surface area contributed by atoms with Crippen molar-refractivity contribution in [3.8, 4) is 11.6 Å². The Labute approximate surface area is 198 Å². The fraction of sp³-hybridized carbons (Fsp3) is 0.571. The van der Waals surface area contributed by atoms with Crippen molar-refractivity contribution in [2.24, 2.45) is 5.41 Å². The van der Waals surface area contributed by atoms with Crippen molar-refractivity contribution in [2.75, 3.05) is 49.9 Å². The molecule has 0 aromatic carbocycles. The molecule has 0 bridgehead atoms. The summed E-state index contributed by atoms with van der Waals surface area (Å²) >= 11 is 0. The van der Waals surface area contributed by atoms with Gasteiger partial charge in [-0.15, -0.1) is 5.10 Å². The van der Waals surface area contributed by atoms with Crippen LogP contribution in [0, 0.1) is 5.41 Å². The number of nitrogens with two attached hydrogens (primary N) is 1. The third kappa shape index (κ3) is 4.74. The number of rotatable bonds is 4. The van der Waals surface area contributed by atoms with Crippen LogP contribution >= 0.6 is 0 Å². The summed E-state index contributed by atoms with van der Waals surface area (Å²) in [5.41, 5.74) is 5.94. The maximum absolute atomic E-state index is 13.5. The Bertz CT molecular complexity index is 1220. The first-order valence-electron chi connectivity index (χ1n) is 11.3. The third-order valence-electron chi connectivity index (χ3n) is 6.31. The highest BCUT2D eigenvalue weighted by molar-refractivity contribution is 5.86. The molecule has 2 aliphatic rings. The van der Waals surface area contributed by atoms with Gasteiger partial charge in [0.25, 0.3) is 5.78 Å². The number of nitrogens with zero attached hydrogens (tertiary/aromatic N) is 8. The molecule has 0 aliphatic carbocycles. The molecule has 0 saturated carbocycles. The molecule has 3 aromatic heterocycles. The first-order valence-corrected chi connectivity index (χ1v) is 11.3. The van der Waals surface area contributed by atoms with E-state index in [1.807, 2.05) is 18.7 Å². The largest absolute Gasteiger partial charge is 0.461 e. The summed E-state index contributed by atoms with van der Waals surface area (Å²) in [6.45, 7) is 4.44. The molecular formula is C21H26F3N9O2. The zero-order valence-electron chi connectivity index (χ0n) is 19.4. The number of hydrogen-bond donors (Lipinski definition) is 1. The lowest BCUT2D eigenvalue weighted by molar-refractivity contribution is -0.152. The van der Waals surface area contributed by atoms with Gasteiger partial charge in [0.1, 0.15) is 6.04 Å². The average Bonchev–Trinajstić information content (AvgIpc) is 3.50. The van der Waals surface area contributed by atoms with Gasteiger partial charge in [0.2, 0.25) is 23.6 Å². The van der Waals surface area contributed by atoms with Crippen molar-refractivity contribution in [1.82, 2.24) is 34.4 Å². The lowest BCUT2D eigenvalue weighted by atomic mass is 9.90. The summed E-state index contributed by atoms with van der Waals surface area (Å²) in [6, 6.07) is 2.87. The van der Waals surface area contributed by atoms with Gasteiger partial charge in [0.15, 0.2) is 5.76 Å². The van der Waals surface area contributed by atoms with Crippen LogP contribution in [0.25, 0.3) is 17.4 Å². The van der Waals surface area contributed by atoms with Gasteiger partial charge in [-0.05, 0) is 24.0 Å². The van der Waals surface area contributed by atoms with E-state index in [1.165, 1.54) is 15.7 Å². The zero-order chi connectivity index (χ0) is 25.0. The minimum Gasteiger partial charge on any atom is -0.461 e. The number of fused-ring (bicyclic) bond motifs is 1. The Hall–Kier alpha value is -3.42. The summed E-state index contributed by atoms with van der Waals surface area (Å²) in [5, 5.41) is 4.29. The Balaban J connectivity index is 1.38. The van der Waals surface area contributed by atoms with Crippen LogP contribution in [-0.2, 0) is 4.79 Å². The van der Waals surface area contributed by atoms with Crippen LogP contribution in [0.5, 0.6) is 0 Å². The molecule has 14 heteroatoms. The number of alkyl halides is 3. The van der Waals surface area contributed by atoms with Crippen molar-refractivity contribution in [3.63, 3.8) is 0 Å². The molecule has 0 spiro atoms. The van der Waals surface area contributed by atoms with E-state index in [0.29, 0.717) is 24.6 Å². The lowest BCUT2D eigenvalue weighted by Gasteiger charge is -2.37. The first kappa shape index (κ1) is 23.3. The van der Waals surface area contributed by atoms with E-state index in [1.54, 1.807) is 17.0 Å². The summed E-state index contributed by atoms with van der Waals surface area (Å²) in [5.74, 6) is 1.15. The fourth-order valence-corrected chi connectivity index (χ4v) is 4.72. The molecule has 5 heterocycles. The number of amides is 1. The van der Waals surface area contributed by atoms with E-state index in [9.17, 15) is 18.0 Å². The predicted octanol–water partition coefficient (Wildman–Crippen LogP) is 1.67. The molecule has 5 rings (SSSR count). The molecule has 2 fully saturated rings. The van der Waals surface area contributed by atoms with E-state index < -0.39 is 18.8 Å². The second-order valence-electron chi connectivity index (χ2n) is 9.73. The van der Waals surface area contributed by atoms with Gasteiger partial charge in [0.05, 0.1) is 12.8 Å². The predicted molar refractivity (Wildman–Crippen MR) is 119 cm³/mol. The van der Waals surface area contributed by atoms with E-state index in [2.05, 4.69) is 20.1 Å². The molecule has 2 aliphatic heterocycles. The van der Waals surface area contributed by atoms with Gasteiger partial charge < -0.3 is 20.0 Å². The smallest absolute Gasteiger partial charge is 0.401 e. The van der Waals surface area contributed by atoms with Gasteiger partial charge in [-0.2, -0.15) is 32.6 Å². The molecule has 1 atom stereocenters. The maximum atomic E-state index is 13.5. The second kappa shape index (κ2) is 8.36. The lowest BCUT2D eigenvalue weighted by Crippen LogP contribution is -2.55. The van der Waals surface area contributed by atoms with E-state index in [-0.39, 0.29) is 55.2 Å². The zero-order valence-corrected chi connectivity index (χ0v) is 19.4. The van der Waals surface area contributed by atoms with Crippen molar-refractivity contribution < 1.29 is 22.4 Å². The van der Waals surface area contributed by atoms with E-state index in [0.717, 1.165) is 0 Å². The van der Waals surface area contributed by atoms with Crippen LogP contribution < -0.4 is 10.6 Å². The van der Waals surface area contributed by atoms with Gasteiger partial charge in [0, 0.05) is 32.7 Å². The minimum atomic E-state index is -4.26. The highest BCUT2D eigenvalue weighted by atomic mass is 19.4. The molecular weight excluding hydrogens is 467 g/mol. The molecule has 3 aromatic rings. The SMILES string of the molecule is CC1(C)C[C@@H](C(=O)N2CCN(CC(F)(F)F)CC2)N(c2nc(N)n3nc(-c4ccco4)nc3n2)C1. The van der Waals surface area contributed by atoms with Gasteiger partial charge in [-0.1, -0.05) is 13.8 Å². The van der Waals surface area contributed by atoms with Crippen LogP contribution in [0.2, 0.25) is 0 Å². The van der Waals surface area contributed by atoms with E-state index >= 15 is 0 Å². The Morgan fingerprint density at radius 2 is 1.94 bits per heavy atom. The topological polar surface area (TPSA) is 122 Å². The average molecular weight is 493 g/mol. The molecule has 0 unspecified atom stereocenters. The number of halogens is 3. The molecule has 35 heavy (non-hydrogen) atoms. The Kier molecular flexibility index (Phi) is 5.57. The van der Waals surface area contributed by atoms with Gasteiger partial charge in [-0.3, -0.25) is 9.69 Å². The third-order valence-corrected chi connectivity index (χ3v) is 6.31. The van der Waals surface area contributed by atoms with Crippen molar-refractivity contribution in [3.05, 3.63) is 18.4 Å². The number of piperazine rings is 1. The van der Waals surface area contributed by atoms with Gasteiger partial charge in [-0.25, -0.2) is 0 Å². The highest BCUT2D eigenvalue weighted by Gasteiger charge is 2.45. The summed E-state index contributed by atoms with van der Waals surface area (Å²) in [6.07, 6.45) is -2.20. The van der Waals surface area contributed by atoms with Crippen LogP contribution in [0.4, 0.5) is 25.1 Å². The number of hydrogen-bond acceptors (Lipinski definition) is 9. The molecule has 2 saturated heterocycles. The normalized spacial score (nSPS) is 21.2. The molecule has 2 N–H and O–H groups in total. The minimum absolute atomic E-state index is 0.0620. The van der Waals surface area contributed by atoms with Crippen LogP contribution in [0.1, 0.15) is 20.3 Å². The molecule has 0 radical (unpaired) electrons. The first-order chi connectivity index (χ1) is 16.5. The summed E-state index contributed by atoms with van der Waals surface area (Å²) < 4.78 is 44.8. The molecule has 1 amide bonds. The van der Waals surface area contributed by atoms with Crippen molar-refractivity contribution >= 4 is 23.6 Å². The fourth-order valence-electron chi connectivity index (χ4n) is 4.72. The molecule has 188 valence electrons. The number of anilines is 2. The maximum Gasteiger partial charge on any atom is 0.401 e. The van der Waals surface area contributed by atoms with Gasteiger partial charge >= 0.3 is 6.18 Å². The quantitative estimate of drug-likeness (QED) is 0.578. The summed E-state index contributed by atoms with van der Waals surface area (Å²) in [7, 11) is 0. The van der Waals surface area contributed by atoms with Crippen LogP contribution in [0.3, 0.4) is 0 Å². The molecule has 11 nitrogen and oxygen atoms in total. The van der Waals surface area contributed by atoms with Crippen LogP contribution in [0.15, 0.2) is 22.8 Å². The van der Waals surface area contributed by atoms with Crippen LogP contribution in [-0.4, -0.2) is 91.8 Å². The van der Waals surface area contributed by atoms with E-state index in [4.69, 9.17) is 10.2 Å². The highest BCUT2D eigenvalue weighted by Crippen LogP contribution is 2.37. The number of carbonyl (C=O) groups excluding carboxylic acids is 1. The number of aromatic nitrogens is 5. The number of carbonyl (C=O) groups is 1. The Morgan fingerprint density at radius 3 is 2.60 bits per heavy atom. The van der Waals surface area contributed by atoms with Crippen molar-refractivity contribution in [2.45, 2.75) is 32.5 Å². The number of nitrogen functional groups attached to an aromatic ring is 1. The Morgan fingerprint density at radius 1 is 1.20 bits per heavy atom.